The first-order valence-electron chi connectivity index (χ1n) is 7.58. The van der Waals surface area contributed by atoms with E-state index in [0.717, 1.165) is 17.9 Å². The fraction of sp³-hybridized carbons (Fsp3) is 0.588. The number of allylic oxidation sites excluding steroid dienone is 1. The number of hydrogen-bond donors (Lipinski definition) is 1. The molecule has 0 radical (unpaired) electrons. The van der Waals surface area contributed by atoms with E-state index in [0.29, 0.717) is 6.04 Å². The van der Waals surface area contributed by atoms with Crippen molar-refractivity contribution in [2.24, 2.45) is 0 Å². The number of aromatic nitrogens is 1. The number of likely N-dealkylation sites (N-methyl/N-ethyl adjacent to an activating group) is 1. The van der Waals surface area contributed by atoms with E-state index in [9.17, 15) is 0 Å². The molecule has 0 amide bonds. The maximum atomic E-state index is 4.49. The lowest BCUT2D eigenvalue weighted by atomic mass is 9.94. The minimum Gasteiger partial charge on any atom is -0.307 e. The molecule has 1 unspecified atom stereocenters. The van der Waals surface area contributed by atoms with E-state index < -0.39 is 0 Å². The summed E-state index contributed by atoms with van der Waals surface area (Å²) in [6.45, 7) is 7.36. The molecule has 1 aromatic heterocycles. The van der Waals surface area contributed by atoms with Crippen LogP contribution >= 0.6 is 0 Å². The number of hydrogen-bond acceptors (Lipinski definition) is 2. The Bertz CT molecular complexity index is 428. The third kappa shape index (κ3) is 3.90. The van der Waals surface area contributed by atoms with Crippen molar-refractivity contribution in [3.8, 4) is 0 Å². The highest BCUT2D eigenvalue weighted by Crippen LogP contribution is 2.29. The molecule has 0 aliphatic heterocycles. The van der Waals surface area contributed by atoms with Gasteiger partial charge in [0.1, 0.15) is 0 Å². The monoisotopic (exact) mass is 258 g/mol. The van der Waals surface area contributed by atoms with Gasteiger partial charge in [0.15, 0.2) is 0 Å². The summed E-state index contributed by atoms with van der Waals surface area (Å²) in [5, 5.41) is 3.65. The van der Waals surface area contributed by atoms with E-state index >= 15 is 0 Å². The van der Waals surface area contributed by atoms with Gasteiger partial charge in [0.05, 0.1) is 6.04 Å². The maximum Gasteiger partial charge on any atom is 0.0537 e. The molecule has 0 bridgehead atoms. The minimum absolute atomic E-state index is 0.378. The second kappa shape index (κ2) is 6.85. The second-order valence-electron chi connectivity index (χ2n) is 5.55. The van der Waals surface area contributed by atoms with Gasteiger partial charge in [-0.3, -0.25) is 4.98 Å². The number of nitrogens with zero attached hydrogens (tertiary/aromatic N) is 1. The summed E-state index contributed by atoms with van der Waals surface area (Å²) in [5.74, 6) is 0. The van der Waals surface area contributed by atoms with E-state index in [1.165, 1.54) is 37.7 Å². The van der Waals surface area contributed by atoms with E-state index in [-0.39, 0.29) is 0 Å². The minimum atomic E-state index is 0.378. The Hall–Kier alpha value is -1.15. The predicted molar refractivity (Wildman–Crippen MR) is 81.3 cm³/mol. The van der Waals surface area contributed by atoms with Crippen molar-refractivity contribution in [2.75, 3.05) is 6.54 Å². The van der Waals surface area contributed by atoms with Gasteiger partial charge in [0.25, 0.3) is 0 Å². The quantitative estimate of drug-likeness (QED) is 0.817. The maximum absolute atomic E-state index is 4.49. The van der Waals surface area contributed by atoms with Crippen LogP contribution in [0, 0.1) is 13.8 Å². The number of nitrogens with one attached hydrogen (secondary N) is 1. The fourth-order valence-corrected chi connectivity index (χ4v) is 3.00. The highest BCUT2D eigenvalue weighted by atomic mass is 14.9. The van der Waals surface area contributed by atoms with Gasteiger partial charge in [-0.2, -0.15) is 0 Å². The summed E-state index contributed by atoms with van der Waals surface area (Å²) in [4.78, 5) is 4.49. The molecule has 1 aromatic rings. The third-order valence-corrected chi connectivity index (χ3v) is 3.79. The summed E-state index contributed by atoms with van der Waals surface area (Å²) < 4.78 is 0. The van der Waals surface area contributed by atoms with Crippen LogP contribution in [0.1, 0.15) is 62.0 Å². The Morgan fingerprint density at radius 1 is 1.16 bits per heavy atom. The zero-order chi connectivity index (χ0) is 13.7. The molecule has 1 aliphatic rings. The Labute approximate surface area is 117 Å². The van der Waals surface area contributed by atoms with E-state index in [4.69, 9.17) is 0 Å². The van der Waals surface area contributed by atoms with Crippen molar-refractivity contribution < 1.29 is 0 Å². The molecule has 104 valence electrons. The van der Waals surface area contributed by atoms with E-state index in [1.807, 2.05) is 0 Å². The Kier molecular flexibility index (Phi) is 5.15. The van der Waals surface area contributed by atoms with E-state index in [1.54, 1.807) is 5.57 Å². The summed E-state index contributed by atoms with van der Waals surface area (Å²) in [7, 11) is 0. The van der Waals surface area contributed by atoms with Crippen LogP contribution in [0.4, 0.5) is 0 Å². The first kappa shape index (κ1) is 14.3. The molecular formula is C17H26N2. The second-order valence-corrected chi connectivity index (χ2v) is 5.55. The molecule has 0 fully saturated rings. The highest BCUT2D eigenvalue weighted by Gasteiger charge is 2.17. The normalized spacial score (nSPS) is 17.7. The molecule has 2 nitrogen and oxygen atoms in total. The van der Waals surface area contributed by atoms with Crippen LogP contribution in [0.2, 0.25) is 0 Å². The standard InChI is InChI=1S/C17H26N2/c1-4-18-17(15-9-7-5-6-8-10-15)16-11-13(2)19-14(3)12-16/h9,11-12,17-18H,4-8,10H2,1-3H3. The molecule has 0 aromatic carbocycles. The topological polar surface area (TPSA) is 24.9 Å². The SMILES string of the molecule is CCNC(C1=CCCCCC1)c1cc(C)nc(C)c1. The average molecular weight is 258 g/mol. The molecule has 0 saturated carbocycles. The van der Waals surface area contributed by atoms with Crippen LogP contribution in [0.3, 0.4) is 0 Å². The van der Waals surface area contributed by atoms with Crippen molar-refractivity contribution in [3.63, 3.8) is 0 Å². The number of rotatable bonds is 4. The van der Waals surface area contributed by atoms with Crippen molar-refractivity contribution >= 4 is 0 Å². The summed E-state index contributed by atoms with van der Waals surface area (Å²) >= 11 is 0. The number of aryl methyl sites for hydroxylation is 2. The molecule has 2 rings (SSSR count). The summed E-state index contributed by atoms with van der Waals surface area (Å²) in [6.07, 6.45) is 8.98. The zero-order valence-electron chi connectivity index (χ0n) is 12.5. The molecule has 1 aliphatic carbocycles. The van der Waals surface area contributed by atoms with Crippen molar-refractivity contribution in [3.05, 3.63) is 40.7 Å². The molecule has 0 spiro atoms. The molecule has 19 heavy (non-hydrogen) atoms. The van der Waals surface area contributed by atoms with Crippen molar-refractivity contribution in [1.29, 1.82) is 0 Å². The molecule has 1 heterocycles. The van der Waals surface area contributed by atoms with Crippen LogP contribution in [-0.4, -0.2) is 11.5 Å². The van der Waals surface area contributed by atoms with Gasteiger partial charge >= 0.3 is 0 Å². The van der Waals surface area contributed by atoms with Crippen LogP contribution < -0.4 is 5.32 Å². The highest BCUT2D eigenvalue weighted by molar-refractivity contribution is 5.31. The predicted octanol–water partition coefficient (Wildman–Crippen LogP) is 4.24. The van der Waals surface area contributed by atoms with Gasteiger partial charge in [0.2, 0.25) is 0 Å². The van der Waals surface area contributed by atoms with Gasteiger partial charge in [-0.15, -0.1) is 0 Å². The van der Waals surface area contributed by atoms with Crippen molar-refractivity contribution in [1.82, 2.24) is 10.3 Å². The summed E-state index contributed by atoms with van der Waals surface area (Å²) in [5.41, 5.74) is 5.18. The average Bonchev–Trinajstić information content (AvgIpc) is 2.63. The lowest BCUT2D eigenvalue weighted by Crippen LogP contribution is -2.23. The first-order valence-corrected chi connectivity index (χ1v) is 7.58. The molecule has 1 atom stereocenters. The van der Waals surface area contributed by atoms with Crippen LogP contribution in [0.15, 0.2) is 23.8 Å². The van der Waals surface area contributed by atoms with Gasteiger partial charge in [-0.05, 0) is 63.8 Å². The first-order chi connectivity index (χ1) is 9.20. The van der Waals surface area contributed by atoms with Gasteiger partial charge in [0, 0.05) is 11.4 Å². The summed E-state index contributed by atoms with van der Waals surface area (Å²) in [6, 6.07) is 4.83. The van der Waals surface area contributed by atoms with E-state index in [2.05, 4.69) is 49.3 Å². The van der Waals surface area contributed by atoms with Gasteiger partial charge < -0.3 is 5.32 Å². The van der Waals surface area contributed by atoms with Gasteiger partial charge in [-0.25, -0.2) is 0 Å². The van der Waals surface area contributed by atoms with Crippen molar-refractivity contribution in [2.45, 2.75) is 58.9 Å². The Balaban J connectivity index is 2.30. The zero-order valence-corrected chi connectivity index (χ0v) is 12.5. The van der Waals surface area contributed by atoms with Crippen LogP contribution in [0.5, 0.6) is 0 Å². The number of pyridine rings is 1. The van der Waals surface area contributed by atoms with Crippen LogP contribution in [-0.2, 0) is 0 Å². The molecule has 2 heteroatoms. The Morgan fingerprint density at radius 3 is 2.58 bits per heavy atom. The van der Waals surface area contributed by atoms with Gasteiger partial charge in [-0.1, -0.05) is 25.0 Å². The molecular weight excluding hydrogens is 232 g/mol. The Morgan fingerprint density at radius 2 is 1.89 bits per heavy atom. The molecule has 0 saturated heterocycles. The lowest BCUT2D eigenvalue weighted by Gasteiger charge is -2.22. The fourth-order valence-electron chi connectivity index (χ4n) is 3.00. The van der Waals surface area contributed by atoms with Crippen LogP contribution in [0.25, 0.3) is 0 Å². The molecule has 1 N–H and O–H groups in total. The third-order valence-electron chi connectivity index (χ3n) is 3.79. The largest absolute Gasteiger partial charge is 0.307 e. The smallest absolute Gasteiger partial charge is 0.0537 e. The lowest BCUT2D eigenvalue weighted by molar-refractivity contribution is 0.588.